The van der Waals surface area contributed by atoms with Crippen LogP contribution in [0.3, 0.4) is 0 Å². The van der Waals surface area contributed by atoms with E-state index in [1.54, 1.807) is 0 Å². The topological polar surface area (TPSA) is 32.8 Å². The Morgan fingerprint density at radius 3 is 1.06 bits per heavy atom. The molecule has 0 bridgehead atoms. The number of aryl methyl sites for hydroxylation is 4. The zero-order chi connectivity index (χ0) is 47.0. The highest BCUT2D eigenvalue weighted by atomic mass is 16.3. The molecule has 0 saturated carbocycles. The molecule has 0 radical (unpaired) electrons. The van der Waals surface area contributed by atoms with Crippen molar-refractivity contribution < 1.29 is 8.83 Å². The summed E-state index contributed by atoms with van der Waals surface area (Å²) >= 11 is 0. The predicted octanol–water partition coefficient (Wildman–Crippen LogP) is 19.3. The Morgan fingerprint density at radius 1 is 0.257 bits per heavy atom. The van der Waals surface area contributed by atoms with Crippen molar-refractivity contribution in [2.24, 2.45) is 0 Å². The van der Waals surface area contributed by atoms with Crippen molar-refractivity contribution in [3.63, 3.8) is 0 Å². The van der Waals surface area contributed by atoms with Gasteiger partial charge in [0.2, 0.25) is 0 Å². The van der Waals surface area contributed by atoms with E-state index < -0.39 is 0 Å². The normalized spacial score (nSPS) is 11.7. The lowest BCUT2D eigenvalue weighted by atomic mass is 10.00. The van der Waals surface area contributed by atoms with Gasteiger partial charge in [-0.05, 0) is 179 Å². The summed E-state index contributed by atoms with van der Waals surface area (Å²) < 4.78 is 13.5. The fourth-order valence-electron chi connectivity index (χ4n) is 10.5. The van der Waals surface area contributed by atoms with Crippen molar-refractivity contribution in [2.75, 3.05) is 9.80 Å². The third-order valence-electron chi connectivity index (χ3n) is 14.3. The number of hydrogen-bond acceptors (Lipinski definition) is 4. The summed E-state index contributed by atoms with van der Waals surface area (Å²) in [7, 11) is 0. The van der Waals surface area contributed by atoms with Gasteiger partial charge in [-0.25, -0.2) is 0 Å². The van der Waals surface area contributed by atoms with Crippen LogP contribution in [-0.4, -0.2) is 0 Å². The van der Waals surface area contributed by atoms with Gasteiger partial charge < -0.3 is 18.6 Å². The van der Waals surface area contributed by atoms with Gasteiger partial charge in [0.05, 0.1) is 0 Å². The van der Waals surface area contributed by atoms with Gasteiger partial charge in [0.15, 0.2) is 0 Å². The lowest BCUT2D eigenvalue weighted by Gasteiger charge is -2.29. The Bertz CT molecular complexity index is 3910. The average Bonchev–Trinajstić information content (AvgIpc) is 3.92. The SMILES string of the molecule is Cc1ccccc1N(c1ccc2cc3c(cc2c1)oc1cc2c(cc13)oc1cc3cc(N(c4ccccc4C)c4cc(-c5ccccc5)ccc4C)ccc3cc12)c1cc(-c2ccccc2)ccc1C. The van der Waals surface area contributed by atoms with E-state index in [0.717, 1.165) is 99.5 Å². The highest BCUT2D eigenvalue weighted by molar-refractivity contribution is 6.18. The van der Waals surface area contributed by atoms with E-state index in [1.165, 1.54) is 44.5 Å². The minimum Gasteiger partial charge on any atom is -0.456 e. The summed E-state index contributed by atoms with van der Waals surface area (Å²) in [6.45, 7) is 8.76. The Labute approximate surface area is 406 Å². The molecule has 0 fully saturated rings. The van der Waals surface area contributed by atoms with Crippen LogP contribution < -0.4 is 9.80 Å². The third-order valence-corrected chi connectivity index (χ3v) is 14.3. The summed E-state index contributed by atoms with van der Waals surface area (Å²) in [6, 6.07) is 78.8. The van der Waals surface area contributed by atoms with Crippen molar-refractivity contribution in [3.05, 3.63) is 241 Å². The first-order valence-electron chi connectivity index (χ1n) is 24.1. The number of furan rings is 2. The Kier molecular flexibility index (Phi) is 9.70. The second-order valence-electron chi connectivity index (χ2n) is 18.8. The molecular weight excluding hydrogens is 853 g/mol. The molecule has 0 saturated heterocycles. The van der Waals surface area contributed by atoms with Crippen LogP contribution in [0.25, 0.3) is 87.7 Å². The standard InChI is InChI=1S/C66H48N2O2/c1-41-15-11-13-21-59(41)67(61-35-49(25-23-43(61)3)45-17-7-5-8-18-45)53-29-27-47-33-55-57-39-66-58(40-65(57)69-63(55)37-51(47)31-53)56-34-48-28-30-54(32-52(48)38-64(56)70-66)68(60-22-14-12-16-42(60)2)62-36-50(26-24-44(62)4)46-19-9-6-10-20-46/h5-40H,1-4H3. The third kappa shape index (κ3) is 6.99. The fourth-order valence-corrected chi connectivity index (χ4v) is 10.5. The summed E-state index contributed by atoms with van der Waals surface area (Å²) in [5.74, 6) is 0. The first-order valence-corrected chi connectivity index (χ1v) is 24.1. The van der Waals surface area contributed by atoms with Crippen molar-refractivity contribution in [2.45, 2.75) is 27.7 Å². The maximum atomic E-state index is 6.77. The molecule has 13 rings (SSSR count). The number of nitrogens with zero attached hydrogens (tertiary/aromatic N) is 2. The highest BCUT2D eigenvalue weighted by Crippen LogP contribution is 2.45. The van der Waals surface area contributed by atoms with Crippen LogP contribution in [0.4, 0.5) is 34.1 Å². The molecule has 0 N–H and O–H groups in total. The lowest BCUT2D eigenvalue weighted by molar-refractivity contribution is 0.664. The molecule has 0 spiro atoms. The van der Waals surface area contributed by atoms with Gasteiger partial charge in [0, 0.05) is 55.7 Å². The Hall–Kier alpha value is -8.86. The molecule has 0 amide bonds. The van der Waals surface area contributed by atoms with Gasteiger partial charge in [-0.1, -0.05) is 133 Å². The van der Waals surface area contributed by atoms with Crippen LogP contribution in [0.2, 0.25) is 0 Å². The molecule has 334 valence electrons. The first kappa shape index (κ1) is 41.3. The summed E-state index contributed by atoms with van der Waals surface area (Å²) in [5, 5.41) is 8.72. The molecule has 13 aromatic rings. The Balaban J connectivity index is 0.899. The summed E-state index contributed by atoms with van der Waals surface area (Å²) in [6.07, 6.45) is 0. The van der Waals surface area contributed by atoms with Gasteiger partial charge in [-0.15, -0.1) is 0 Å². The quantitative estimate of drug-likeness (QED) is 0.152. The smallest absolute Gasteiger partial charge is 0.136 e. The van der Waals surface area contributed by atoms with Crippen LogP contribution in [0.1, 0.15) is 22.3 Å². The molecule has 0 aliphatic heterocycles. The van der Waals surface area contributed by atoms with E-state index >= 15 is 0 Å². The Morgan fingerprint density at radius 2 is 0.629 bits per heavy atom. The van der Waals surface area contributed by atoms with Crippen LogP contribution >= 0.6 is 0 Å². The van der Waals surface area contributed by atoms with Gasteiger partial charge >= 0.3 is 0 Å². The lowest BCUT2D eigenvalue weighted by Crippen LogP contribution is -2.12. The van der Waals surface area contributed by atoms with Crippen LogP contribution in [0.15, 0.2) is 227 Å². The molecule has 0 aliphatic carbocycles. The predicted molar refractivity (Wildman–Crippen MR) is 295 cm³/mol. The molecule has 2 heterocycles. The molecule has 0 atom stereocenters. The van der Waals surface area contributed by atoms with E-state index in [9.17, 15) is 0 Å². The van der Waals surface area contributed by atoms with E-state index in [-0.39, 0.29) is 0 Å². The number of rotatable bonds is 8. The van der Waals surface area contributed by atoms with Gasteiger partial charge in [0.25, 0.3) is 0 Å². The van der Waals surface area contributed by atoms with Crippen molar-refractivity contribution >= 4 is 99.5 Å². The molecule has 4 heteroatoms. The number of hydrogen-bond donors (Lipinski definition) is 0. The molecular formula is C66H48N2O2. The van der Waals surface area contributed by atoms with E-state index in [2.05, 4.69) is 256 Å². The second kappa shape index (κ2) is 16.4. The summed E-state index contributed by atoms with van der Waals surface area (Å²) in [5.41, 5.74) is 19.7. The second-order valence-corrected chi connectivity index (χ2v) is 18.8. The zero-order valence-corrected chi connectivity index (χ0v) is 39.5. The van der Waals surface area contributed by atoms with Gasteiger partial charge in [0.1, 0.15) is 22.3 Å². The van der Waals surface area contributed by atoms with Crippen LogP contribution in [-0.2, 0) is 0 Å². The minimum absolute atomic E-state index is 0.841. The van der Waals surface area contributed by atoms with Crippen LogP contribution in [0.5, 0.6) is 0 Å². The fraction of sp³-hybridized carbons (Fsp3) is 0.0606. The minimum atomic E-state index is 0.841. The van der Waals surface area contributed by atoms with Crippen molar-refractivity contribution in [1.29, 1.82) is 0 Å². The van der Waals surface area contributed by atoms with E-state index in [1.807, 2.05) is 0 Å². The van der Waals surface area contributed by atoms with Gasteiger partial charge in [-0.2, -0.15) is 0 Å². The van der Waals surface area contributed by atoms with E-state index in [4.69, 9.17) is 8.83 Å². The number of anilines is 6. The highest BCUT2D eigenvalue weighted by Gasteiger charge is 2.22. The monoisotopic (exact) mass is 900 g/mol. The van der Waals surface area contributed by atoms with Crippen LogP contribution in [0, 0.1) is 27.7 Å². The number of benzene rings is 11. The molecule has 70 heavy (non-hydrogen) atoms. The average molecular weight is 901 g/mol. The first-order chi connectivity index (χ1) is 34.3. The largest absolute Gasteiger partial charge is 0.456 e. The zero-order valence-electron chi connectivity index (χ0n) is 39.5. The molecule has 4 nitrogen and oxygen atoms in total. The molecule has 2 aromatic heterocycles. The molecule has 11 aromatic carbocycles. The van der Waals surface area contributed by atoms with Gasteiger partial charge in [-0.3, -0.25) is 0 Å². The summed E-state index contributed by atoms with van der Waals surface area (Å²) in [4.78, 5) is 4.80. The molecule has 0 unspecified atom stereocenters. The maximum Gasteiger partial charge on any atom is 0.136 e. The van der Waals surface area contributed by atoms with E-state index in [0.29, 0.717) is 0 Å². The number of fused-ring (bicyclic) bond motifs is 8. The molecule has 0 aliphatic rings. The van der Waals surface area contributed by atoms with Crippen molar-refractivity contribution in [3.8, 4) is 22.3 Å². The maximum absolute atomic E-state index is 6.77. The van der Waals surface area contributed by atoms with Crippen molar-refractivity contribution in [1.82, 2.24) is 0 Å². The number of para-hydroxylation sites is 2.